The Balaban J connectivity index is 1.23. The number of carbonyl (C=O) groups is 3. The van der Waals surface area contributed by atoms with Crippen molar-refractivity contribution in [3.8, 4) is 11.5 Å². The van der Waals surface area contributed by atoms with Crippen LogP contribution in [-0.2, 0) is 25.7 Å². The molecule has 0 N–H and O–H groups in total. The summed E-state index contributed by atoms with van der Waals surface area (Å²) in [7, 11) is 0. The van der Waals surface area contributed by atoms with E-state index in [2.05, 4.69) is 4.90 Å². The van der Waals surface area contributed by atoms with E-state index in [9.17, 15) is 14.4 Å². The number of rotatable bonds is 4. The van der Waals surface area contributed by atoms with E-state index in [-0.39, 0.29) is 18.7 Å². The zero-order valence-electron chi connectivity index (χ0n) is 17.9. The summed E-state index contributed by atoms with van der Waals surface area (Å²) >= 11 is 0. The number of esters is 1. The number of amides is 2. The van der Waals surface area contributed by atoms with Crippen molar-refractivity contribution in [2.75, 3.05) is 52.7 Å². The Labute approximate surface area is 181 Å². The van der Waals surface area contributed by atoms with Gasteiger partial charge >= 0.3 is 17.8 Å². The van der Waals surface area contributed by atoms with E-state index >= 15 is 0 Å². The molecule has 0 aliphatic carbocycles. The minimum atomic E-state index is -0.466. The predicted molar refractivity (Wildman–Crippen MR) is 110 cm³/mol. The third kappa shape index (κ3) is 4.92. The first-order valence-electron chi connectivity index (χ1n) is 10.9. The number of nitrogens with zero attached hydrogens (tertiary/aromatic N) is 3. The van der Waals surface area contributed by atoms with E-state index in [4.69, 9.17) is 14.2 Å². The first-order valence-corrected chi connectivity index (χ1v) is 10.9. The molecule has 1 aromatic carbocycles. The van der Waals surface area contributed by atoms with Crippen LogP contribution in [0.4, 0.5) is 0 Å². The fourth-order valence-corrected chi connectivity index (χ4v) is 4.26. The molecule has 3 aliphatic heterocycles. The van der Waals surface area contributed by atoms with Gasteiger partial charge in [0.25, 0.3) is 0 Å². The first kappa shape index (κ1) is 21.4. The van der Waals surface area contributed by atoms with Crippen molar-refractivity contribution >= 4 is 17.8 Å². The van der Waals surface area contributed by atoms with Crippen molar-refractivity contribution in [1.82, 2.24) is 14.7 Å². The molecule has 0 atom stereocenters. The Bertz CT molecular complexity index is 829. The molecule has 168 valence electrons. The average Bonchev–Trinajstić information content (AvgIpc) is 3.27. The number of likely N-dealkylation sites (tertiary alicyclic amines) is 1. The number of piperazine rings is 1. The van der Waals surface area contributed by atoms with Crippen molar-refractivity contribution in [2.45, 2.75) is 26.3 Å². The van der Waals surface area contributed by atoms with Crippen LogP contribution in [0.3, 0.4) is 0 Å². The molecular formula is C22H29N3O6. The van der Waals surface area contributed by atoms with Gasteiger partial charge in [0, 0.05) is 45.8 Å². The Morgan fingerprint density at radius 2 is 1.58 bits per heavy atom. The van der Waals surface area contributed by atoms with Crippen LogP contribution < -0.4 is 9.47 Å². The fraction of sp³-hybridized carbons (Fsp3) is 0.591. The van der Waals surface area contributed by atoms with Crippen LogP contribution in [0.25, 0.3) is 0 Å². The van der Waals surface area contributed by atoms with E-state index in [1.807, 2.05) is 18.2 Å². The minimum absolute atomic E-state index is 0.182. The molecule has 31 heavy (non-hydrogen) atoms. The van der Waals surface area contributed by atoms with Gasteiger partial charge in [-0.25, -0.2) is 0 Å². The third-order valence-corrected chi connectivity index (χ3v) is 6.09. The molecule has 0 bridgehead atoms. The molecule has 3 aliphatic rings. The third-order valence-electron chi connectivity index (χ3n) is 6.09. The first-order chi connectivity index (χ1) is 15.0. The highest BCUT2D eigenvalue weighted by atomic mass is 16.7. The van der Waals surface area contributed by atoms with Gasteiger partial charge < -0.3 is 24.0 Å². The maximum Gasteiger partial charge on any atom is 0.312 e. The van der Waals surface area contributed by atoms with E-state index < -0.39 is 11.8 Å². The Hall–Kier alpha value is -2.81. The molecule has 4 rings (SSSR count). The standard InChI is InChI=1S/C22H29N3O6/c1-2-29-22(28)17-5-7-24(8-6-17)20(26)21(27)25-11-9-23(10-12-25)14-16-3-4-18-19(13-16)31-15-30-18/h3-4,13,17H,2,5-12,14-15H2,1H3. The number of fused-ring (bicyclic) bond motifs is 1. The number of benzene rings is 1. The molecule has 0 saturated carbocycles. The maximum absolute atomic E-state index is 12.7. The Kier molecular flexibility index (Phi) is 6.60. The summed E-state index contributed by atoms with van der Waals surface area (Å²) in [6.07, 6.45) is 1.09. The summed E-state index contributed by atoms with van der Waals surface area (Å²) in [5.74, 6) is 0.231. The molecule has 9 heteroatoms. The van der Waals surface area contributed by atoms with Gasteiger partial charge in [-0.3, -0.25) is 19.3 Å². The predicted octanol–water partition coefficient (Wildman–Crippen LogP) is 0.861. The van der Waals surface area contributed by atoms with Gasteiger partial charge in [-0.05, 0) is 37.5 Å². The van der Waals surface area contributed by atoms with Crippen LogP contribution in [0, 0.1) is 5.92 Å². The lowest BCUT2D eigenvalue weighted by molar-refractivity contribution is -0.156. The van der Waals surface area contributed by atoms with E-state index in [1.165, 1.54) is 0 Å². The van der Waals surface area contributed by atoms with E-state index in [0.717, 1.165) is 23.6 Å². The topological polar surface area (TPSA) is 88.6 Å². The summed E-state index contributed by atoms with van der Waals surface area (Å²) in [6, 6.07) is 5.93. The van der Waals surface area contributed by atoms with Gasteiger partial charge in [-0.2, -0.15) is 0 Å². The molecule has 2 saturated heterocycles. The summed E-state index contributed by atoms with van der Waals surface area (Å²) in [4.78, 5) is 42.7. The van der Waals surface area contributed by atoms with Crippen LogP contribution in [-0.4, -0.2) is 85.2 Å². The lowest BCUT2D eigenvalue weighted by Gasteiger charge is -2.36. The van der Waals surface area contributed by atoms with Crippen LogP contribution >= 0.6 is 0 Å². The van der Waals surface area contributed by atoms with Gasteiger partial charge in [0.15, 0.2) is 11.5 Å². The fourth-order valence-electron chi connectivity index (χ4n) is 4.26. The highest BCUT2D eigenvalue weighted by molar-refractivity contribution is 6.34. The second-order valence-electron chi connectivity index (χ2n) is 8.07. The number of piperidine rings is 1. The molecule has 0 aromatic heterocycles. The van der Waals surface area contributed by atoms with E-state index in [1.54, 1.807) is 16.7 Å². The highest BCUT2D eigenvalue weighted by Gasteiger charge is 2.33. The van der Waals surface area contributed by atoms with Gasteiger partial charge in [-0.1, -0.05) is 6.07 Å². The molecule has 0 spiro atoms. The monoisotopic (exact) mass is 431 g/mol. The Morgan fingerprint density at radius 1 is 0.935 bits per heavy atom. The maximum atomic E-state index is 12.7. The summed E-state index contributed by atoms with van der Waals surface area (Å²) < 4.78 is 15.8. The van der Waals surface area contributed by atoms with Crippen LogP contribution in [0.5, 0.6) is 11.5 Å². The lowest BCUT2D eigenvalue weighted by Crippen LogP contribution is -2.54. The molecular weight excluding hydrogens is 402 g/mol. The highest BCUT2D eigenvalue weighted by Crippen LogP contribution is 2.32. The van der Waals surface area contributed by atoms with Gasteiger partial charge in [0.05, 0.1) is 12.5 Å². The van der Waals surface area contributed by atoms with Gasteiger partial charge in [0.1, 0.15) is 0 Å². The second-order valence-corrected chi connectivity index (χ2v) is 8.07. The smallest absolute Gasteiger partial charge is 0.312 e. The van der Waals surface area contributed by atoms with Crippen molar-refractivity contribution in [3.05, 3.63) is 23.8 Å². The molecule has 0 unspecified atom stereocenters. The summed E-state index contributed by atoms with van der Waals surface area (Å²) in [5, 5.41) is 0. The quantitative estimate of drug-likeness (QED) is 0.516. The number of hydrogen-bond acceptors (Lipinski definition) is 7. The van der Waals surface area contributed by atoms with Crippen LogP contribution in [0.1, 0.15) is 25.3 Å². The summed E-state index contributed by atoms with van der Waals surface area (Å²) in [5.41, 5.74) is 1.13. The second kappa shape index (κ2) is 9.55. The SMILES string of the molecule is CCOC(=O)C1CCN(C(=O)C(=O)N2CCN(Cc3ccc4c(c3)OCO4)CC2)CC1. The van der Waals surface area contributed by atoms with Crippen molar-refractivity contribution in [3.63, 3.8) is 0 Å². The number of hydrogen-bond donors (Lipinski definition) is 0. The molecule has 3 heterocycles. The minimum Gasteiger partial charge on any atom is -0.466 e. The molecule has 0 radical (unpaired) electrons. The number of carbonyl (C=O) groups excluding carboxylic acids is 3. The zero-order chi connectivity index (χ0) is 21.8. The lowest BCUT2D eigenvalue weighted by atomic mass is 9.97. The zero-order valence-corrected chi connectivity index (χ0v) is 17.9. The summed E-state index contributed by atoms with van der Waals surface area (Å²) in [6.45, 7) is 6.44. The molecule has 2 fully saturated rings. The normalized spacial score (nSPS) is 19.4. The molecule has 2 amide bonds. The van der Waals surface area contributed by atoms with Gasteiger partial charge in [-0.15, -0.1) is 0 Å². The Morgan fingerprint density at radius 3 is 2.26 bits per heavy atom. The van der Waals surface area contributed by atoms with Crippen LogP contribution in [0.2, 0.25) is 0 Å². The molecule has 9 nitrogen and oxygen atoms in total. The van der Waals surface area contributed by atoms with E-state index in [0.29, 0.717) is 58.7 Å². The number of ether oxygens (including phenoxy) is 3. The van der Waals surface area contributed by atoms with Crippen molar-refractivity contribution in [1.29, 1.82) is 0 Å². The van der Waals surface area contributed by atoms with Crippen molar-refractivity contribution < 1.29 is 28.6 Å². The van der Waals surface area contributed by atoms with Gasteiger partial charge in [0.2, 0.25) is 6.79 Å². The van der Waals surface area contributed by atoms with Crippen LogP contribution in [0.15, 0.2) is 18.2 Å². The molecule has 1 aromatic rings. The van der Waals surface area contributed by atoms with Crippen molar-refractivity contribution in [2.24, 2.45) is 5.92 Å². The largest absolute Gasteiger partial charge is 0.466 e. The average molecular weight is 431 g/mol.